The Labute approximate surface area is 139 Å². The van der Waals surface area contributed by atoms with E-state index < -0.39 is 0 Å². The Balaban J connectivity index is 1.75. The maximum Gasteiger partial charge on any atom is 0.166 e. The minimum Gasteiger partial charge on any atom is -0.294 e. The summed E-state index contributed by atoms with van der Waals surface area (Å²) in [5, 5.41) is 4.37. The van der Waals surface area contributed by atoms with Crippen LogP contribution in [0.2, 0.25) is 0 Å². The molecule has 1 heterocycles. The lowest BCUT2D eigenvalue weighted by atomic mass is 9.82. The van der Waals surface area contributed by atoms with E-state index in [4.69, 9.17) is 0 Å². The quantitative estimate of drug-likeness (QED) is 0.708. The van der Waals surface area contributed by atoms with E-state index in [1.165, 1.54) is 23.3 Å². The lowest BCUT2D eigenvalue weighted by molar-refractivity contribution is 0.0963. The molecule has 1 aliphatic rings. The van der Waals surface area contributed by atoms with E-state index in [0.717, 1.165) is 17.8 Å². The molecule has 24 heavy (non-hydrogen) atoms. The number of rotatable bonds is 2. The van der Waals surface area contributed by atoms with E-state index >= 15 is 0 Å². The van der Waals surface area contributed by atoms with Gasteiger partial charge in [0.15, 0.2) is 5.78 Å². The number of Topliss-reactive ketones (excluding diaryl/α,β-unsaturated/α-hetero) is 1. The SMILES string of the molecule is Cc1cccc([C@@H]2CC(=O)c3cnn(-c4ccc(F)cc4)c3C2)c1. The number of carbonyl (C=O) groups is 1. The van der Waals surface area contributed by atoms with Crippen LogP contribution in [0.15, 0.2) is 54.7 Å². The number of carbonyl (C=O) groups excluding carboxylic acids is 1. The van der Waals surface area contributed by atoms with Gasteiger partial charge in [-0.25, -0.2) is 9.07 Å². The van der Waals surface area contributed by atoms with Crippen LogP contribution in [-0.4, -0.2) is 15.6 Å². The number of halogens is 1. The van der Waals surface area contributed by atoms with Crippen molar-refractivity contribution in [3.05, 3.63) is 82.9 Å². The summed E-state index contributed by atoms with van der Waals surface area (Å²) in [5.41, 5.74) is 4.74. The fourth-order valence-electron chi connectivity index (χ4n) is 3.41. The number of benzene rings is 2. The molecular weight excluding hydrogens is 303 g/mol. The number of fused-ring (bicyclic) bond motifs is 1. The van der Waals surface area contributed by atoms with E-state index in [2.05, 4.69) is 30.2 Å². The van der Waals surface area contributed by atoms with Crippen LogP contribution in [0.1, 0.15) is 39.5 Å². The van der Waals surface area contributed by atoms with Gasteiger partial charge in [0.2, 0.25) is 0 Å². The van der Waals surface area contributed by atoms with Gasteiger partial charge in [-0.2, -0.15) is 5.10 Å². The molecule has 4 heteroatoms. The maximum atomic E-state index is 13.2. The molecule has 0 spiro atoms. The highest BCUT2D eigenvalue weighted by molar-refractivity contribution is 5.98. The van der Waals surface area contributed by atoms with Crippen LogP contribution in [0.5, 0.6) is 0 Å². The first-order valence-electron chi connectivity index (χ1n) is 8.04. The first kappa shape index (κ1) is 14.8. The van der Waals surface area contributed by atoms with Gasteiger partial charge in [-0.1, -0.05) is 29.8 Å². The molecule has 1 aromatic heterocycles. The molecular formula is C20H17FN2O. The predicted molar refractivity (Wildman–Crippen MR) is 90.1 cm³/mol. The Hall–Kier alpha value is -2.75. The summed E-state index contributed by atoms with van der Waals surface area (Å²) in [5.74, 6) is -0.00889. The van der Waals surface area contributed by atoms with E-state index in [1.54, 1.807) is 23.0 Å². The molecule has 0 radical (unpaired) electrons. The monoisotopic (exact) mass is 320 g/mol. The molecule has 1 aliphatic carbocycles. The fourth-order valence-corrected chi connectivity index (χ4v) is 3.41. The van der Waals surface area contributed by atoms with Crippen molar-refractivity contribution in [2.75, 3.05) is 0 Å². The lowest BCUT2D eigenvalue weighted by Gasteiger charge is -2.23. The summed E-state index contributed by atoms with van der Waals surface area (Å²) in [6.45, 7) is 2.06. The summed E-state index contributed by atoms with van der Waals surface area (Å²) in [4.78, 5) is 12.5. The number of aromatic nitrogens is 2. The standard InChI is InChI=1S/C20H17FN2O/c1-13-3-2-4-14(9-13)15-10-19-18(20(24)11-15)12-22-23(19)17-7-5-16(21)6-8-17/h2-9,12,15H,10-11H2,1H3/t15-/m0/s1. The molecule has 120 valence electrons. The Bertz CT molecular complexity index is 912. The molecule has 0 amide bonds. The van der Waals surface area contributed by atoms with Gasteiger partial charge in [0.05, 0.1) is 23.1 Å². The van der Waals surface area contributed by atoms with Crippen LogP contribution < -0.4 is 0 Å². The van der Waals surface area contributed by atoms with Crippen molar-refractivity contribution in [3.8, 4) is 5.69 Å². The third kappa shape index (κ3) is 2.54. The molecule has 4 rings (SSSR count). The van der Waals surface area contributed by atoms with Gasteiger partial charge in [0, 0.05) is 6.42 Å². The van der Waals surface area contributed by atoms with Gasteiger partial charge in [0.1, 0.15) is 5.82 Å². The van der Waals surface area contributed by atoms with Gasteiger partial charge in [-0.15, -0.1) is 0 Å². The average molecular weight is 320 g/mol. The van der Waals surface area contributed by atoms with Crippen LogP contribution in [-0.2, 0) is 6.42 Å². The Morgan fingerprint density at radius 2 is 1.92 bits per heavy atom. The molecule has 0 saturated heterocycles. The van der Waals surface area contributed by atoms with E-state index in [-0.39, 0.29) is 17.5 Å². The smallest absolute Gasteiger partial charge is 0.166 e. The second-order valence-electron chi connectivity index (χ2n) is 6.34. The van der Waals surface area contributed by atoms with Gasteiger partial charge in [-0.3, -0.25) is 4.79 Å². The van der Waals surface area contributed by atoms with Crippen LogP contribution in [0, 0.1) is 12.7 Å². The molecule has 0 N–H and O–H groups in total. The Morgan fingerprint density at radius 3 is 2.67 bits per heavy atom. The largest absolute Gasteiger partial charge is 0.294 e. The number of hydrogen-bond donors (Lipinski definition) is 0. The normalized spacial score (nSPS) is 16.9. The van der Waals surface area contributed by atoms with Crippen LogP contribution >= 0.6 is 0 Å². The highest BCUT2D eigenvalue weighted by Gasteiger charge is 2.30. The van der Waals surface area contributed by atoms with Crippen LogP contribution in [0.4, 0.5) is 4.39 Å². The average Bonchev–Trinajstić information content (AvgIpc) is 3.00. The minimum absolute atomic E-state index is 0.121. The molecule has 0 saturated carbocycles. The lowest BCUT2D eigenvalue weighted by Crippen LogP contribution is -2.20. The van der Waals surface area contributed by atoms with Crippen molar-refractivity contribution in [1.29, 1.82) is 0 Å². The zero-order chi connectivity index (χ0) is 16.7. The first-order chi connectivity index (χ1) is 11.6. The molecule has 2 aromatic carbocycles. The topological polar surface area (TPSA) is 34.9 Å². The summed E-state index contributed by atoms with van der Waals surface area (Å²) in [6, 6.07) is 14.5. The van der Waals surface area contributed by atoms with Crippen LogP contribution in [0.25, 0.3) is 5.69 Å². The van der Waals surface area contributed by atoms with Crippen LogP contribution in [0.3, 0.4) is 0 Å². The van der Waals surface area contributed by atoms with Gasteiger partial charge < -0.3 is 0 Å². The second-order valence-corrected chi connectivity index (χ2v) is 6.34. The summed E-state index contributed by atoms with van der Waals surface area (Å²) < 4.78 is 14.9. The zero-order valence-electron chi connectivity index (χ0n) is 13.4. The number of ketones is 1. The molecule has 0 bridgehead atoms. The summed E-state index contributed by atoms with van der Waals surface area (Å²) >= 11 is 0. The molecule has 0 unspecified atom stereocenters. The van der Waals surface area contributed by atoms with Crippen molar-refractivity contribution in [3.63, 3.8) is 0 Å². The first-order valence-corrected chi connectivity index (χ1v) is 8.04. The van der Waals surface area contributed by atoms with Gasteiger partial charge in [0.25, 0.3) is 0 Å². The zero-order valence-corrected chi connectivity index (χ0v) is 13.4. The van der Waals surface area contributed by atoms with Gasteiger partial charge >= 0.3 is 0 Å². The third-order valence-corrected chi connectivity index (χ3v) is 4.63. The molecule has 0 aliphatic heterocycles. The Morgan fingerprint density at radius 1 is 1.12 bits per heavy atom. The molecule has 3 nitrogen and oxygen atoms in total. The fraction of sp³-hybridized carbons (Fsp3) is 0.200. The van der Waals surface area contributed by atoms with Crippen molar-refractivity contribution < 1.29 is 9.18 Å². The van der Waals surface area contributed by atoms with Crippen molar-refractivity contribution in [2.24, 2.45) is 0 Å². The van der Waals surface area contributed by atoms with E-state index in [9.17, 15) is 9.18 Å². The van der Waals surface area contributed by atoms with Crippen molar-refractivity contribution in [1.82, 2.24) is 9.78 Å². The van der Waals surface area contributed by atoms with Crippen molar-refractivity contribution >= 4 is 5.78 Å². The molecule has 3 aromatic rings. The van der Waals surface area contributed by atoms with Crippen molar-refractivity contribution in [2.45, 2.75) is 25.7 Å². The highest BCUT2D eigenvalue weighted by atomic mass is 19.1. The molecule has 1 atom stereocenters. The Kier molecular flexibility index (Phi) is 3.53. The summed E-state index contributed by atoms with van der Waals surface area (Å²) in [7, 11) is 0. The van der Waals surface area contributed by atoms with E-state index in [0.29, 0.717) is 12.0 Å². The number of nitrogens with zero attached hydrogens (tertiary/aromatic N) is 2. The van der Waals surface area contributed by atoms with E-state index in [1.807, 2.05) is 6.07 Å². The maximum absolute atomic E-state index is 13.2. The minimum atomic E-state index is -0.284. The summed E-state index contributed by atoms with van der Waals surface area (Å²) in [6.07, 6.45) is 2.89. The second kappa shape index (κ2) is 5.71. The number of aryl methyl sites for hydroxylation is 1. The van der Waals surface area contributed by atoms with Gasteiger partial charge in [-0.05, 0) is 49.1 Å². The highest BCUT2D eigenvalue weighted by Crippen LogP contribution is 2.34. The molecule has 0 fully saturated rings. The number of hydrogen-bond acceptors (Lipinski definition) is 2. The predicted octanol–water partition coefficient (Wildman–Crippen LogP) is 4.23. The third-order valence-electron chi connectivity index (χ3n) is 4.63.